The Morgan fingerprint density at radius 3 is 2.77 bits per heavy atom. The minimum absolute atomic E-state index is 0.280. The lowest BCUT2D eigenvalue weighted by Crippen LogP contribution is -2.49. The van der Waals surface area contributed by atoms with Crippen molar-refractivity contribution in [1.29, 1.82) is 0 Å². The number of hydrogen-bond donors (Lipinski definition) is 1. The number of likely N-dealkylation sites (tertiary alicyclic amines) is 1. The minimum Gasteiger partial charge on any atom is -0.357 e. The summed E-state index contributed by atoms with van der Waals surface area (Å²) in [5, 5.41) is 3.40. The molecule has 1 aliphatic heterocycles. The average Bonchev–Trinajstić information content (AvgIpc) is 3.46. The van der Waals surface area contributed by atoms with Crippen LogP contribution in [0.2, 0.25) is 0 Å². The third-order valence-electron chi connectivity index (χ3n) is 5.67. The molecule has 0 spiro atoms. The van der Waals surface area contributed by atoms with Gasteiger partial charge >= 0.3 is 0 Å². The Morgan fingerprint density at radius 1 is 1.23 bits per heavy atom. The van der Waals surface area contributed by atoms with Gasteiger partial charge in [0.2, 0.25) is 0 Å². The fourth-order valence-electron chi connectivity index (χ4n) is 3.95. The van der Waals surface area contributed by atoms with Crippen LogP contribution in [0.25, 0.3) is 5.69 Å². The molecule has 0 amide bonds. The maximum Gasteiger partial charge on any atom is 0.194 e. The molecule has 3 heterocycles. The van der Waals surface area contributed by atoms with E-state index in [-0.39, 0.29) is 5.82 Å². The van der Waals surface area contributed by atoms with Crippen molar-refractivity contribution in [1.82, 2.24) is 29.3 Å². The molecule has 3 aromatic rings. The number of imidazole rings is 2. The van der Waals surface area contributed by atoms with Crippen LogP contribution in [0, 0.1) is 11.7 Å². The number of aliphatic imine (C=N–C) groups is 1. The molecule has 8 heteroatoms. The Balaban J connectivity index is 1.49. The van der Waals surface area contributed by atoms with E-state index < -0.39 is 0 Å². The maximum atomic E-state index is 14.6. The van der Waals surface area contributed by atoms with E-state index in [2.05, 4.69) is 38.6 Å². The zero-order valence-corrected chi connectivity index (χ0v) is 17.4. The van der Waals surface area contributed by atoms with E-state index in [1.807, 2.05) is 24.8 Å². The monoisotopic (exact) mass is 409 g/mol. The van der Waals surface area contributed by atoms with Gasteiger partial charge in [0.05, 0.1) is 30.9 Å². The first-order valence-electron chi connectivity index (χ1n) is 10.4. The van der Waals surface area contributed by atoms with Gasteiger partial charge in [0.15, 0.2) is 5.96 Å². The second-order valence-electron chi connectivity index (χ2n) is 7.72. The molecule has 0 aliphatic carbocycles. The largest absolute Gasteiger partial charge is 0.357 e. The lowest BCUT2D eigenvalue weighted by Gasteiger charge is -2.39. The molecule has 0 radical (unpaired) electrons. The van der Waals surface area contributed by atoms with Crippen molar-refractivity contribution in [2.24, 2.45) is 10.9 Å². The molecule has 158 valence electrons. The highest BCUT2D eigenvalue weighted by molar-refractivity contribution is 5.80. The third-order valence-corrected chi connectivity index (χ3v) is 5.67. The summed E-state index contributed by atoms with van der Waals surface area (Å²) < 4.78 is 18.4. The van der Waals surface area contributed by atoms with Gasteiger partial charge in [0.1, 0.15) is 5.82 Å². The summed E-state index contributed by atoms with van der Waals surface area (Å²) in [6, 6.07) is 5.59. The molecule has 1 fully saturated rings. The van der Waals surface area contributed by atoms with E-state index in [0.717, 1.165) is 37.6 Å². The number of rotatable bonds is 5. The van der Waals surface area contributed by atoms with Crippen molar-refractivity contribution in [3.63, 3.8) is 0 Å². The van der Waals surface area contributed by atoms with Gasteiger partial charge in [-0.15, -0.1) is 0 Å². The summed E-state index contributed by atoms with van der Waals surface area (Å²) in [4.78, 5) is 15.3. The first-order valence-corrected chi connectivity index (χ1v) is 10.4. The molecule has 0 saturated carbocycles. The van der Waals surface area contributed by atoms with E-state index >= 15 is 0 Å². The molecule has 1 saturated heterocycles. The second-order valence-corrected chi connectivity index (χ2v) is 7.72. The van der Waals surface area contributed by atoms with Crippen LogP contribution in [0.1, 0.15) is 31.9 Å². The SMILES string of the molecule is CCNC(=NCc1ccc(-n2ccnc2)c(F)c1)N1CCC(C)C(n2ccnc2)C1. The highest BCUT2D eigenvalue weighted by Crippen LogP contribution is 2.27. The number of halogens is 1. The van der Waals surface area contributed by atoms with Gasteiger partial charge in [-0.25, -0.2) is 19.4 Å². The Morgan fingerprint density at radius 2 is 2.07 bits per heavy atom. The summed E-state index contributed by atoms with van der Waals surface area (Å²) in [5.41, 5.74) is 1.32. The molecule has 1 N–H and O–H groups in total. The molecule has 4 rings (SSSR count). The minimum atomic E-state index is -0.280. The molecule has 2 aromatic heterocycles. The standard InChI is InChI=1S/C22H28FN7/c1-3-26-22(28-9-6-17(2)21(14-28)30-11-8-25-16-30)27-13-18-4-5-20(19(23)12-18)29-10-7-24-15-29/h4-5,7-8,10-12,15-17,21H,3,6,9,13-14H2,1-2H3,(H,26,27). The van der Waals surface area contributed by atoms with Gasteiger partial charge < -0.3 is 19.4 Å². The number of benzene rings is 1. The number of aromatic nitrogens is 4. The van der Waals surface area contributed by atoms with Crippen LogP contribution < -0.4 is 5.32 Å². The highest BCUT2D eigenvalue weighted by Gasteiger charge is 2.28. The Labute approximate surface area is 176 Å². The van der Waals surface area contributed by atoms with Gasteiger partial charge in [-0.05, 0) is 37.0 Å². The zero-order chi connectivity index (χ0) is 20.9. The number of hydrogen-bond acceptors (Lipinski definition) is 3. The van der Waals surface area contributed by atoms with E-state index in [9.17, 15) is 4.39 Å². The lowest BCUT2D eigenvalue weighted by molar-refractivity contribution is 0.189. The lowest BCUT2D eigenvalue weighted by atomic mass is 9.93. The maximum absolute atomic E-state index is 14.6. The summed E-state index contributed by atoms with van der Waals surface area (Å²) in [7, 11) is 0. The number of guanidine groups is 1. The molecular weight excluding hydrogens is 381 g/mol. The second kappa shape index (κ2) is 9.11. The fourth-order valence-corrected chi connectivity index (χ4v) is 3.95. The van der Waals surface area contributed by atoms with Crippen molar-refractivity contribution in [3.8, 4) is 5.69 Å². The molecule has 7 nitrogen and oxygen atoms in total. The van der Waals surface area contributed by atoms with E-state index in [1.165, 1.54) is 0 Å². The van der Waals surface area contributed by atoms with Crippen molar-refractivity contribution in [2.45, 2.75) is 32.9 Å². The van der Waals surface area contributed by atoms with Crippen molar-refractivity contribution < 1.29 is 4.39 Å². The smallest absolute Gasteiger partial charge is 0.194 e. The predicted octanol–water partition coefficient (Wildman–Crippen LogP) is 3.26. The third kappa shape index (κ3) is 4.37. The normalized spacial score (nSPS) is 19.8. The van der Waals surface area contributed by atoms with Crippen molar-refractivity contribution >= 4 is 5.96 Å². The van der Waals surface area contributed by atoms with Crippen LogP contribution in [0.5, 0.6) is 0 Å². The molecule has 2 atom stereocenters. The molecule has 1 aromatic carbocycles. The van der Waals surface area contributed by atoms with E-state index in [0.29, 0.717) is 24.2 Å². The number of piperidine rings is 1. The first kappa shape index (κ1) is 20.1. The van der Waals surface area contributed by atoms with Crippen LogP contribution in [-0.4, -0.2) is 49.6 Å². The van der Waals surface area contributed by atoms with Gasteiger partial charge in [-0.1, -0.05) is 13.0 Å². The number of nitrogens with zero attached hydrogens (tertiary/aromatic N) is 6. The van der Waals surface area contributed by atoms with Crippen LogP contribution in [0.15, 0.2) is 60.6 Å². The Kier molecular flexibility index (Phi) is 6.11. The van der Waals surface area contributed by atoms with Crippen LogP contribution in [-0.2, 0) is 6.54 Å². The quantitative estimate of drug-likeness (QED) is 0.519. The summed E-state index contributed by atoms with van der Waals surface area (Å²) >= 11 is 0. The van der Waals surface area contributed by atoms with Crippen molar-refractivity contribution in [2.75, 3.05) is 19.6 Å². The molecule has 1 aliphatic rings. The topological polar surface area (TPSA) is 63.3 Å². The molecular formula is C22H28FN7. The Hall–Kier alpha value is -3.16. The summed E-state index contributed by atoms with van der Waals surface area (Å²) in [6.07, 6.45) is 11.8. The van der Waals surface area contributed by atoms with Gasteiger partial charge in [0, 0.05) is 44.4 Å². The van der Waals surface area contributed by atoms with Crippen LogP contribution in [0.3, 0.4) is 0 Å². The summed E-state index contributed by atoms with van der Waals surface area (Å²) in [5.74, 6) is 1.16. The van der Waals surface area contributed by atoms with Gasteiger partial charge in [0.25, 0.3) is 0 Å². The van der Waals surface area contributed by atoms with E-state index in [4.69, 9.17) is 4.99 Å². The zero-order valence-electron chi connectivity index (χ0n) is 17.4. The van der Waals surface area contributed by atoms with Gasteiger partial charge in [-0.3, -0.25) is 0 Å². The van der Waals surface area contributed by atoms with Crippen LogP contribution >= 0.6 is 0 Å². The molecule has 30 heavy (non-hydrogen) atoms. The predicted molar refractivity (Wildman–Crippen MR) is 115 cm³/mol. The van der Waals surface area contributed by atoms with Crippen LogP contribution in [0.4, 0.5) is 4.39 Å². The average molecular weight is 410 g/mol. The van der Waals surface area contributed by atoms with Crippen molar-refractivity contribution in [3.05, 3.63) is 67.0 Å². The molecule has 2 unspecified atom stereocenters. The van der Waals surface area contributed by atoms with Gasteiger partial charge in [-0.2, -0.15) is 0 Å². The van der Waals surface area contributed by atoms with E-state index in [1.54, 1.807) is 35.4 Å². The molecule has 0 bridgehead atoms. The Bertz CT molecular complexity index is 966. The highest BCUT2D eigenvalue weighted by atomic mass is 19.1. The fraction of sp³-hybridized carbons (Fsp3) is 0.409. The first-order chi connectivity index (χ1) is 14.7. The number of nitrogens with one attached hydrogen (secondary N) is 1. The summed E-state index contributed by atoms with van der Waals surface area (Å²) in [6.45, 7) is 7.38.